The maximum Gasteiger partial charge on any atom is 0.255 e. The van der Waals surface area contributed by atoms with Gasteiger partial charge in [0, 0.05) is 89.2 Å². The summed E-state index contributed by atoms with van der Waals surface area (Å²) >= 11 is 5.90. The van der Waals surface area contributed by atoms with Crippen LogP contribution in [0, 0.1) is 11.7 Å². The Morgan fingerprint density at radius 2 is 1.63 bits per heavy atom. The van der Waals surface area contributed by atoms with Gasteiger partial charge in [-0.1, -0.05) is 17.7 Å². The van der Waals surface area contributed by atoms with Crippen LogP contribution in [0.25, 0.3) is 0 Å². The molecule has 0 bridgehead atoms. The van der Waals surface area contributed by atoms with Crippen molar-refractivity contribution in [3.8, 4) is 0 Å². The van der Waals surface area contributed by atoms with E-state index in [2.05, 4.69) is 47.4 Å². The molecule has 8 rings (SSSR count). The summed E-state index contributed by atoms with van der Waals surface area (Å²) in [6.45, 7) is 7.59. The minimum absolute atomic E-state index is 0.181. The molecule has 0 radical (unpaired) electrons. The summed E-state index contributed by atoms with van der Waals surface area (Å²) in [5.41, 5.74) is 2.62. The molecule has 3 aromatic rings. The molecule has 0 spiro atoms. The average Bonchev–Trinajstić information content (AvgIpc) is 3.50. The van der Waals surface area contributed by atoms with Gasteiger partial charge in [-0.05, 0) is 73.9 Å². The molecule has 54 heavy (non-hydrogen) atoms. The minimum atomic E-state index is -1.23. The van der Waals surface area contributed by atoms with Gasteiger partial charge < -0.3 is 20.0 Å². The number of hydrogen-bond donors (Lipinski definition) is 2. The van der Waals surface area contributed by atoms with Crippen molar-refractivity contribution in [1.29, 1.82) is 0 Å². The number of anilines is 3. The number of benzene rings is 2. The van der Waals surface area contributed by atoms with Gasteiger partial charge in [-0.2, -0.15) is 0 Å². The molecule has 1 aromatic heterocycles. The van der Waals surface area contributed by atoms with E-state index in [1.807, 2.05) is 16.4 Å². The molecular formula is C38H45ClFN9O4S. The molecule has 2 atom stereocenters. The second kappa shape index (κ2) is 15.9. The molecule has 286 valence electrons. The van der Waals surface area contributed by atoms with E-state index in [9.17, 15) is 18.6 Å². The highest BCUT2D eigenvalue weighted by Crippen LogP contribution is 2.34. The molecule has 2 unspecified atom stereocenters. The molecular weight excluding hydrogens is 733 g/mol. The Morgan fingerprint density at radius 3 is 2.35 bits per heavy atom. The predicted octanol–water partition coefficient (Wildman–Crippen LogP) is 3.67. The fraction of sp³-hybridized carbons (Fsp3) is 0.500. The normalized spacial score (nSPS) is 22.7. The number of rotatable bonds is 9. The standard InChI is InChI=1S/C38H45ClFN9O4S/c39-27-21-41-38(42-22-27)43-28-8-12-48(13-9-28)54(53)30-3-1-2-29(19-30)46-10-6-25(7-11-46)23-45-14-16-47(17-15-45)34-18-26-24-49(37(52)31(26)20-32(34)40)33-4-5-35(50)44-36(33)51/h1-3,18-22,25,28,33H,4-17,23-24H2,(H,41,42,43)(H,44,50,51). The van der Waals surface area contributed by atoms with Crippen molar-refractivity contribution >= 4 is 57.6 Å². The van der Waals surface area contributed by atoms with Gasteiger partial charge in [0.1, 0.15) is 22.8 Å². The zero-order valence-electron chi connectivity index (χ0n) is 30.1. The quantitative estimate of drug-likeness (QED) is 0.310. The summed E-state index contributed by atoms with van der Waals surface area (Å²) in [5.74, 6) is -0.469. The van der Waals surface area contributed by atoms with Gasteiger partial charge in [-0.15, -0.1) is 0 Å². The first-order chi connectivity index (χ1) is 26.2. The lowest BCUT2D eigenvalue weighted by molar-refractivity contribution is -0.136. The monoisotopic (exact) mass is 777 g/mol. The average molecular weight is 778 g/mol. The first kappa shape index (κ1) is 36.8. The third-order valence-corrected chi connectivity index (χ3v) is 13.1. The Labute approximate surface area is 321 Å². The van der Waals surface area contributed by atoms with Crippen molar-refractivity contribution in [1.82, 2.24) is 29.4 Å². The van der Waals surface area contributed by atoms with Crippen LogP contribution in [0.5, 0.6) is 0 Å². The number of carbonyl (C=O) groups excluding carboxylic acids is 3. The largest absolute Gasteiger partial charge is 0.371 e. The van der Waals surface area contributed by atoms with Crippen molar-refractivity contribution in [3.05, 3.63) is 70.8 Å². The summed E-state index contributed by atoms with van der Waals surface area (Å²) < 4.78 is 31.1. The predicted molar refractivity (Wildman–Crippen MR) is 204 cm³/mol. The number of hydrogen-bond acceptors (Lipinski definition) is 10. The number of imide groups is 1. The molecule has 13 nitrogen and oxygen atoms in total. The molecule has 2 aromatic carbocycles. The van der Waals surface area contributed by atoms with E-state index in [1.54, 1.807) is 18.5 Å². The highest BCUT2D eigenvalue weighted by atomic mass is 35.5. The number of piperidine rings is 3. The van der Waals surface area contributed by atoms with Crippen LogP contribution in [-0.4, -0.2) is 117 Å². The smallest absolute Gasteiger partial charge is 0.255 e. The fourth-order valence-corrected chi connectivity index (χ4v) is 9.76. The molecule has 4 saturated heterocycles. The van der Waals surface area contributed by atoms with E-state index in [0.717, 1.165) is 82.1 Å². The van der Waals surface area contributed by atoms with E-state index in [-0.39, 0.29) is 37.2 Å². The summed E-state index contributed by atoms with van der Waals surface area (Å²) in [6.07, 6.45) is 7.45. The number of amides is 3. The first-order valence-electron chi connectivity index (χ1n) is 18.9. The van der Waals surface area contributed by atoms with Crippen molar-refractivity contribution in [2.45, 2.75) is 62.0 Å². The van der Waals surface area contributed by atoms with Gasteiger partial charge >= 0.3 is 0 Å². The number of piperazine rings is 1. The number of nitrogens with zero attached hydrogens (tertiary/aromatic N) is 7. The second-order valence-corrected chi connectivity index (χ2v) is 16.8. The minimum Gasteiger partial charge on any atom is -0.371 e. The lowest BCUT2D eigenvalue weighted by Gasteiger charge is -2.40. The first-order valence-corrected chi connectivity index (χ1v) is 20.4. The maximum absolute atomic E-state index is 15.4. The number of fused-ring (bicyclic) bond motifs is 1. The molecule has 16 heteroatoms. The number of nitrogens with one attached hydrogen (secondary N) is 2. The van der Waals surface area contributed by atoms with E-state index in [0.29, 0.717) is 46.8 Å². The highest BCUT2D eigenvalue weighted by Gasteiger charge is 2.40. The Morgan fingerprint density at radius 1 is 0.889 bits per heavy atom. The summed E-state index contributed by atoms with van der Waals surface area (Å²) in [4.78, 5) is 54.8. The molecule has 3 amide bonds. The van der Waals surface area contributed by atoms with E-state index >= 15 is 4.39 Å². The van der Waals surface area contributed by atoms with Gasteiger partial charge in [0.15, 0.2) is 0 Å². The zero-order chi connectivity index (χ0) is 37.3. The van der Waals surface area contributed by atoms with E-state index in [4.69, 9.17) is 11.6 Å². The van der Waals surface area contributed by atoms with Gasteiger partial charge in [-0.25, -0.2) is 22.9 Å². The van der Waals surface area contributed by atoms with Crippen LogP contribution in [-0.2, 0) is 27.1 Å². The molecule has 6 heterocycles. The molecule has 0 saturated carbocycles. The fourth-order valence-electron chi connectivity index (χ4n) is 8.40. The third kappa shape index (κ3) is 7.95. The van der Waals surface area contributed by atoms with Gasteiger partial charge in [0.05, 0.1) is 28.0 Å². The van der Waals surface area contributed by atoms with Gasteiger partial charge in [-0.3, -0.25) is 24.6 Å². The van der Waals surface area contributed by atoms with Crippen LogP contribution in [0.2, 0.25) is 5.02 Å². The molecule has 4 fully saturated rings. The molecule has 5 aliphatic rings. The Balaban J connectivity index is 0.790. The van der Waals surface area contributed by atoms with Crippen LogP contribution in [0.15, 0.2) is 53.7 Å². The SMILES string of the molecule is O=C1CCC(N2Cc3cc(N4CCN(CC5CCN(c6cccc(S(=O)N7CCC(Nc8ncc(Cl)cn8)CC7)c6)CC5)CC4)c(F)cc3C2=O)C(=O)N1. The van der Waals surface area contributed by atoms with Crippen molar-refractivity contribution in [2.24, 2.45) is 5.92 Å². The summed E-state index contributed by atoms with van der Waals surface area (Å²) in [7, 11) is -1.23. The van der Waals surface area contributed by atoms with Crippen LogP contribution in [0.1, 0.15) is 54.4 Å². The van der Waals surface area contributed by atoms with Gasteiger partial charge in [0.2, 0.25) is 17.8 Å². The summed E-state index contributed by atoms with van der Waals surface area (Å²) in [6, 6.07) is 10.8. The lowest BCUT2D eigenvalue weighted by atomic mass is 9.95. The Bertz CT molecular complexity index is 1910. The van der Waals surface area contributed by atoms with Crippen molar-refractivity contribution < 1.29 is 23.0 Å². The number of halogens is 2. The van der Waals surface area contributed by atoms with Crippen LogP contribution < -0.4 is 20.4 Å². The highest BCUT2D eigenvalue weighted by molar-refractivity contribution is 7.82. The topological polar surface area (TPSA) is 134 Å². The lowest BCUT2D eigenvalue weighted by Crippen LogP contribution is -2.52. The molecule has 0 aliphatic carbocycles. The second-order valence-electron chi connectivity index (χ2n) is 14.9. The van der Waals surface area contributed by atoms with Crippen LogP contribution >= 0.6 is 11.6 Å². The molecule has 5 aliphatic heterocycles. The number of aromatic nitrogens is 2. The Hall–Kier alpha value is -4.18. The number of carbonyl (C=O) groups is 3. The van der Waals surface area contributed by atoms with Crippen molar-refractivity contribution in [2.75, 3.05) is 74.0 Å². The van der Waals surface area contributed by atoms with Gasteiger partial charge in [0.25, 0.3) is 5.91 Å². The summed E-state index contributed by atoms with van der Waals surface area (Å²) in [5, 5.41) is 6.18. The van der Waals surface area contributed by atoms with E-state index in [1.165, 1.54) is 11.0 Å². The van der Waals surface area contributed by atoms with Crippen LogP contribution in [0.4, 0.5) is 21.7 Å². The van der Waals surface area contributed by atoms with E-state index < -0.39 is 28.8 Å². The van der Waals surface area contributed by atoms with Crippen LogP contribution in [0.3, 0.4) is 0 Å². The Kier molecular flexibility index (Phi) is 10.8. The third-order valence-electron chi connectivity index (χ3n) is 11.5. The zero-order valence-corrected chi connectivity index (χ0v) is 31.7. The maximum atomic E-state index is 15.4. The van der Waals surface area contributed by atoms with Crippen molar-refractivity contribution in [3.63, 3.8) is 0 Å². The molecule has 2 N–H and O–H groups in total.